The number of rotatable bonds is 4. The van der Waals surface area contributed by atoms with Gasteiger partial charge in [0.05, 0.1) is 6.54 Å². The van der Waals surface area contributed by atoms with Crippen LogP contribution in [0.25, 0.3) is 0 Å². The van der Waals surface area contributed by atoms with E-state index >= 15 is 0 Å². The molecule has 2 aliphatic rings. The summed E-state index contributed by atoms with van der Waals surface area (Å²) >= 11 is 0. The third kappa shape index (κ3) is 3.60. The van der Waals surface area contributed by atoms with Crippen LogP contribution in [0.15, 0.2) is 24.5 Å². The Hall–Kier alpha value is -2.65. The van der Waals surface area contributed by atoms with E-state index in [1.807, 2.05) is 0 Å². The molecule has 2 heterocycles. The lowest BCUT2D eigenvalue weighted by Gasteiger charge is -2.32. The van der Waals surface area contributed by atoms with Crippen LogP contribution in [0.3, 0.4) is 0 Å². The third-order valence-electron chi connectivity index (χ3n) is 4.88. The van der Waals surface area contributed by atoms with E-state index in [2.05, 4.69) is 4.98 Å². The van der Waals surface area contributed by atoms with Gasteiger partial charge in [0.25, 0.3) is 11.6 Å². The van der Waals surface area contributed by atoms with Gasteiger partial charge in [0.2, 0.25) is 5.91 Å². The predicted molar refractivity (Wildman–Crippen MR) is 86.8 cm³/mol. The molecule has 2 fully saturated rings. The molecule has 1 saturated carbocycles. The van der Waals surface area contributed by atoms with Gasteiger partial charge in [0, 0.05) is 18.3 Å². The van der Waals surface area contributed by atoms with Gasteiger partial charge >= 0.3 is 12.2 Å². The van der Waals surface area contributed by atoms with Crippen molar-refractivity contribution in [3.05, 3.63) is 30.1 Å². The van der Waals surface area contributed by atoms with Crippen molar-refractivity contribution in [2.45, 2.75) is 50.5 Å². The van der Waals surface area contributed by atoms with E-state index in [4.69, 9.17) is 0 Å². The number of aromatic nitrogens is 1. The molecule has 0 aromatic carbocycles. The zero-order chi connectivity index (χ0) is 19.7. The highest BCUT2D eigenvalue weighted by Gasteiger charge is 2.68. The minimum atomic E-state index is -5.19. The summed E-state index contributed by atoms with van der Waals surface area (Å²) in [6.45, 7) is -0.379. The van der Waals surface area contributed by atoms with Gasteiger partial charge < -0.3 is 5.32 Å². The summed E-state index contributed by atoms with van der Waals surface area (Å²) in [7, 11) is 0. The van der Waals surface area contributed by atoms with Crippen LogP contribution in [0.5, 0.6) is 0 Å². The average Bonchev–Trinajstić information content (AvgIpc) is 2.88. The lowest BCUT2D eigenvalue weighted by Crippen LogP contribution is -2.70. The Bertz CT molecular complexity index is 735. The number of carbonyl (C=O) groups excluding carboxylic acids is 3. The molecule has 0 bridgehead atoms. The first kappa shape index (κ1) is 19.1. The van der Waals surface area contributed by atoms with Crippen molar-refractivity contribution >= 4 is 17.8 Å². The van der Waals surface area contributed by atoms with Crippen LogP contribution in [0.4, 0.5) is 18.0 Å². The quantitative estimate of drug-likeness (QED) is 0.778. The number of hydrogen-bond donors (Lipinski definition) is 2. The summed E-state index contributed by atoms with van der Waals surface area (Å²) in [6, 6.07) is 1.85. The van der Waals surface area contributed by atoms with Crippen LogP contribution in [0.2, 0.25) is 0 Å². The number of imide groups is 1. The van der Waals surface area contributed by atoms with Crippen LogP contribution < -0.4 is 10.6 Å². The topological polar surface area (TPSA) is 91.4 Å². The van der Waals surface area contributed by atoms with Crippen molar-refractivity contribution in [1.82, 2.24) is 20.5 Å². The molecule has 1 saturated heterocycles. The smallest absolute Gasteiger partial charge is 0.318 e. The molecule has 2 N–H and O–H groups in total. The molecule has 1 aliphatic carbocycles. The normalized spacial score (nSPS) is 24.0. The highest BCUT2D eigenvalue weighted by molar-refractivity contribution is 6.09. The van der Waals surface area contributed by atoms with Gasteiger partial charge in [-0.05, 0) is 24.5 Å². The fourth-order valence-corrected chi connectivity index (χ4v) is 3.39. The van der Waals surface area contributed by atoms with Crippen molar-refractivity contribution in [1.29, 1.82) is 0 Å². The van der Waals surface area contributed by atoms with E-state index in [1.54, 1.807) is 10.6 Å². The minimum absolute atomic E-state index is 0.379. The number of halogens is 3. The first-order valence-electron chi connectivity index (χ1n) is 8.66. The molecule has 4 amide bonds. The average molecular weight is 384 g/mol. The second-order valence-corrected chi connectivity index (χ2v) is 6.75. The molecule has 27 heavy (non-hydrogen) atoms. The standard InChI is InChI=1S/C17H19F3N4O3/c18-17(19,20)16(22-13(25)12-6-2-1-3-7-12)14(26)24(15(27)23-16)10-11-5-4-8-21-9-11/h4-5,8-9,12H,1-3,6-7,10H2,(H,22,25)(H,23,27). The fraction of sp³-hybridized carbons (Fsp3) is 0.529. The van der Waals surface area contributed by atoms with Crippen molar-refractivity contribution in [3.63, 3.8) is 0 Å². The molecular formula is C17H19F3N4O3. The SMILES string of the molecule is O=C(NC1(C(F)(F)F)NC(=O)N(Cc2cccnc2)C1=O)C1CCCCC1. The molecule has 0 radical (unpaired) electrons. The number of hydrogen-bond acceptors (Lipinski definition) is 4. The van der Waals surface area contributed by atoms with Crippen LogP contribution >= 0.6 is 0 Å². The lowest BCUT2D eigenvalue weighted by atomic mass is 9.88. The number of amides is 4. The van der Waals surface area contributed by atoms with Crippen molar-refractivity contribution in [3.8, 4) is 0 Å². The van der Waals surface area contributed by atoms with Gasteiger partial charge in [-0.2, -0.15) is 13.2 Å². The van der Waals surface area contributed by atoms with Crippen LogP contribution in [-0.4, -0.2) is 39.6 Å². The van der Waals surface area contributed by atoms with Crippen molar-refractivity contribution in [2.75, 3.05) is 0 Å². The number of pyridine rings is 1. The van der Waals surface area contributed by atoms with E-state index in [9.17, 15) is 27.6 Å². The number of nitrogens with zero attached hydrogens (tertiary/aromatic N) is 2. The fourth-order valence-electron chi connectivity index (χ4n) is 3.39. The Kier molecular flexibility index (Phi) is 5.07. The first-order valence-corrected chi connectivity index (χ1v) is 8.66. The zero-order valence-electron chi connectivity index (χ0n) is 14.4. The lowest BCUT2D eigenvalue weighted by molar-refractivity contribution is -0.205. The van der Waals surface area contributed by atoms with Crippen LogP contribution in [-0.2, 0) is 16.1 Å². The maximum atomic E-state index is 13.8. The Balaban J connectivity index is 1.84. The Morgan fingerprint density at radius 2 is 2.00 bits per heavy atom. The predicted octanol–water partition coefficient (Wildman–Crippen LogP) is 2.09. The number of nitrogens with one attached hydrogen (secondary N) is 2. The molecule has 1 aromatic rings. The summed E-state index contributed by atoms with van der Waals surface area (Å²) < 4.78 is 41.4. The molecule has 3 rings (SSSR count). The molecule has 1 unspecified atom stereocenters. The van der Waals surface area contributed by atoms with Gasteiger partial charge in [-0.15, -0.1) is 0 Å². The summed E-state index contributed by atoms with van der Waals surface area (Å²) in [5.74, 6) is -3.02. The van der Waals surface area contributed by atoms with Crippen LogP contribution in [0, 0.1) is 5.92 Å². The first-order chi connectivity index (χ1) is 12.7. The summed E-state index contributed by atoms with van der Waals surface area (Å²) in [5, 5.41) is 3.45. The van der Waals surface area contributed by atoms with E-state index in [-0.39, 0.29) is 6.54 Å². The Labute approximate surface area is 153 Å². The largest absolute Gasteiger partial charge is 0.440 e. The van der Waals surface area contributed by atoms with Gasteiger partial charge in [-0.1, -0.05) is 25.3 Å². The summed E-state index contributed by atoms with van der Waals surface area (Å²) in [6.07, 6.45) is 0.933. The molecule has 0 spiro atoms. The highest BCUT2D eigenvalue weighted by atomic mass is 19.4. The van der Waals surface area contributed by atoms with Crippen molar-refractivity contribution in [2.24, 2.45) is 5.92 Å². The third-order valence-corrected chi connectivity index (χ3v) is 4.88. The van der Waals surface area contributed by atoms with Gasteiger partial charge in [0.15, 0.2) is 0 Å². The molecule has 146 valence electrons. The second kappa shape index (κ2) is 7.16. The zero-order valence-corrected chi connectivity index (χ0v) is 14.4. The maximum absolute atomic E-state index is 13.8. The molecule has 10 heteroatoms. The Morgan fingerprint density at radius 3 is 2.59 bits per heavy atom. The maximum Gasteiger partial charge on any atom is 0.440 e. The van der Waals surface area contributed by atoms with E-state index in [0.717, 1.165) is 19.3 Å². The molecular weight excluding hydrogens is 365 g/mol. The van der Waals surface area contributed by atoms with E-state index in [1.165, 1.54) is 24.5 Å². The molecule has 1 aromatic heterocycles. The number of urea groups is 1. The monoisotopic (exact) mass is 384 g/mol. The van der Waals surface area contributed by atoms with Gasteiger partial charge in [-0.3, -0.25) is 24.8 Å². The second-order valence-electron chi connectivity index (χ2n) is 6.75. The van der Waals surface area contributed by atoms with E-state index in [0.29, 0.717) is 23.3 Å². The van der Waals surface area contributed by atoms with Gasteiger partial charge in [-0.25, -0.2) is 4.79 Å². The Morgan fingerprint density at radius 1 is 1.30 bits per heavy atom. The summed E-state index contributed by atoms with van der Waals surface area (Å²) in [4.78, 5) is 41.4. The number of carbonyl (C=O) groups is 3. The van der Waals surface area contributed by atoms with Crippen LogP contribution in [0.1, 0.15) is 37.7 Å². The van der Waals surface area contributed by atoms with Gasteiger partial charge in [0.1, 0.15) is 0 Å². The molecule has 1 aliphatic heterocycles. The summed E-state index contributed by atoms with van der Waals surface area (Å²) in [5.41, 5.74) is -3.06. The molecule has 7 nitrogen and oxygen atoms in total. The molecule has 1 atom stereocenters. The van der Waals surface area contributed by atoms with Crippen molar-refractivity contribution < 1.29 is 27.6 Å². The number of alkyl halides is 3. The highest BCUT2D eigenvalue weighted by Crippen LogP contribution is 2.35. The minimum Gasteiger partial charge on any atom is -0.318 e. The van der Waals surface area contributed by atoms with E-state index < -0.39 is 35.6 Å².